The second-order valence-electron chi connectivity index (χ2n) is 4.37. The molecule has 0 bridgehead atoms. The molecule has 0 fully saturated rings. The highest BCUT2D eigenvalue weighted by molar-refractivity contribution is 5.80. The molecule has 3 heteroatoms. The minimum Gasteiger partial charge on any atom is -0.297 e. The molecule has 2 aromatic rings. The van der Waals surface area contributed by atoms with E-state index in [-0.39, 0.29) is 5.78 Å². The van der Waals surface area contributed by atoms with Crippen LogP contribution >= 0.6 is 0 Å². The number of para-hydroxylation sites is 1. The Balaban J connectivity index is 1.95. The molecule has 0 heterocycles. The first-order chi connectivity index (χ1) is 9.25. The summed E-state index contributed by atoms with van der Waals surface area (Å²) < 4.78 is 0. The van der Waals surface area contributed by atoms with Gasteiger partial charge in [-0.3, -0.25) is 15.1 Å². The molecule has 2 aromatic carbocycles. The van der Waals surface area contributed by atoms with Gasteiger partial charge in [0.25, 0.3) is 0 Å². The van der Waals surface area contributed by atoms with E-state index in [1.54, 1.807) is 6.92 Å². The zero-order valence-electron chi connectivity index (χ0n) is 10.9. The maximum Gasteiger partial charge on any atom is 0.161 e. The van der Waals surface area contributed by atoms with E-state index in [4.69, 9.17) is 4.84 Å². The van der Waals surface area contributed by atoms with Gasteiger partial charge in [-0.05, 0) is 24.6 Å². The van der Waals surface area contributed by atoms with Gasteiger partial charge in [-0.25, -0.2) is 0 Å². The van der Waals surface area contributed by atoms with Crippen LogP contribution in [-0.2, 0) is 16.1 Å². The van der Waals surface area contributed by atoms with Gasteiger partial charge in [0, 0.05) is 6.42 Å². The van der Waals surface area contributed by atoms with E-state index in [0.717, 1.165) is 11.3 Å². The quantitative estimate of drug-likeness (QED) is 0.805. The van der Waals surface area contributed by atoms with E-state index in [1.807, 2.05) is 60.7 Å². The lowest BCUT2D eigenvalue weighted by atomic mass is 10.1. The summed E-state index contributed by atoms with van der Waals surface area (Å²) in [6.45, 7) is 1.54. The largest absolute Gasteiger partial charge is 0.297 e. The molecule has 0 amide bonds. The molecule has 0 spiro atoms. The molecule has 0 saturated heterocycles. The van der Waals surface area contributed by atoms with Crippen LogP contribution in [0.25, 0.3) is 0 Å². The fourth-order valence-electron chi connectivity index (χ4n) is 1.74. The molecular formula is C16H17NO2. The van der Waals surface area contributed by atoms with Crippen LogP contribution in [0, 0.1) is 0 Å². The van der Waals surface area contributed by atoms with Crippen molar-refractivity contribution in [3.63, 3.8) is 0 Å². The number of carbonyl (C=O) groups excluding carboxylic acids is 1. The van der Waals surface area contributed by atoms with E-state index in [2.05, 4.69) is 5.48 Å². The number of rotatable bonds is 6. The van der Waals surface area contributed by atoms with Crippen molar-refractivity contribution in [2.75, 3.05) is 5.48 Å². The molecule has 3 nitrogen and oxygen atoms in total. The van der Waals surface area contributed by atoms with Gasteiger partial charge in [-0.15, -0.1) is 0 Å². The monoisotopic (exact) mass is 255 g/mol. The van der Waals surface area contributed by atoms with Crippen molar-refractivity contribution in [1.82, 2.24) is 0 Å². The Labute approximate surface area is 113 Å². The number of Topliss-reactive ketones (excluding diaryl/α,β-unsaturated/α-hetero) is 1. The van der Waals surface area contributed by atoms with Crippen LogP contribution in [0.3, 0.4) is 0 Å². The minimum atomic E-state index is -0.484. The minimum absolute atomic E-state index is 0.00674. The zero-order valence-corrected chi connectivity index (χ0v) is 10.9. The SMILES string of the molecule is CC(=O)C(Cc1ccccc1)ONc1ccccc1. The van der Waals surface area contributed by atoms with Gasteiger partial charge < -0.3 is 0 Å². The summed E-state index contributed by atoms with van der Waals surface area (Å²) in [6, 6.07) is 19.4. The average Bonchev–Trinajstić information content (AvgIpc) is 2.45. The Kier molecular flexibility index (Phi) is 4.70. The van der Waals surface area contributed by atoms with Crippen LogP contribution < -0.4 is 5.48 Å². The molecule has 1 N–H and O–H groups in total. The Morgan fingerprint density at radius 1 is 1.05 bits per heavy atom. The average molecular weight is 255 g/mol. The van der Waals surface area contributed by atoms with Crippen LogP contribution in [-0.4, -0.2) is 11.9 Å². The highest BCUT2D eigenvalue weighted by atomic mass is 16.7. The number of hydrogen-bond acceptors (Lipinski definition) is 3. The fourth-order valence-corrected chi connectivity index (χ4v) is 1.74. The lowest BCUT2D eigenvalue weighted by molar-refractivity contribution is -0.126. The van der Waals surface area contributed by atoms with Gasteiger partial charge in [0.15, 0.2) is 5.78 Å². The van der Waals surface area contributed by atoms with E-state index in [1.165, 1.54) is 0 Å². The summed E-state index contributed by atoms with van der Waals surface area (Å²) in [4.78, 5) is 17.1. The lowest BCUT2D eigenvalue weighted by Crippen LogP contribution is -2.27. The summed E-state index contributed by atoms with van der Waals surface area (Å²) in [7, 11) is 0. The van der Waals surface area contributed by atoms with E-state index in [0.29, 0.717) is 6.42 Å². The third kappa shape index (κ3) is 4.23. The van der Waals surface area contributed by atoms with Gasteiger partial charge in [0.2, 0.25) is 0 Å². The number of hydrogen-bond donors (Lipinski definition) is 1. The van der Waals surface area contributed by atoms with Crippen molar-refractivity contribution in [3.8, 4) is 0 Å². The molecule has 2 rings (SSSR count). The summed E-state index contributed by atoms with van der Waals surface area (Å²) in [5.74, 6) is 0.00674. The van der Waals surface area contributed by atoms with E-state index < -0.39 is 6.10 Å². The van der Waals surface area contributed by atoms with Crippen molar-refractivity contribution in [3.05, 3.63) is 66.2 Å². The predicted molar refractivity (Wildman–Crippen MR) is 75.8 cm³/mol. The third-order valence-electron chi connectivity index (χ3n) is 2.81. The summed E-state index contributed by atoms with van der Waals surface area (Å²) in [5, 5.41) is 0. The molecule has 0 aliphatic rings. The Hall–Kier alpha value is -2.13. The first-order valence-electron chi connectivity index (χ1n) is 6.27. The van der Waals surface area contributed by atoms with Crippen LogP contribution in [0.15, 0.2) is 60.7 Å². The van der Waals surface area contributed by atoms with E-state index in [9.17, 15) is 4.79 Å². The van der Waals surface area contributed by atoms with Crippen LogP contribution in [0.2, 0.25) is 0 Å². The van der Waals surface area contributed by atoms with Crippen molar-refractivity contribution in [1.29, 1.82) is 0 Å². The first kappa shape index (κ1) is 13.3. The van der Waals surface area contributed by atoms with Gasteiger partial charge in [0.05, 0.1) is 5.69 Å². The topological polar surface area (TPSA) is 38.3 Å². The molecule has 1 unspecified atom stereocenters. The normalized spacial score (nSPS) is 11.8. The van der Waals surface area contributed by atoms with Gasteiger partial charge in [-0.2, -0.15) is 0 Å². The summed E-state index contributed by atoms with van der Waals surface area (Å²) in [5.41, 5.74) is 4.74. The molecule has 0 aromatic heterocycles. The Bertz CT molecular complexity index is 511. The molecule has 0 radical (unpaired) electrons. The zero-order chi connectivity index (χ0) is 13.5. The lowest BCUT2D eigenvalue weighted by Gasteiger charge is -2.16. The smallest absolute Gasteiger partial charge is 0.161 e. The van der Waals surface area contributed by atoms with Crippen LogP contribution in [0.4, 0.5) is 5.69 Å². The molecule has 19 heavy (non-hydrogen) atoms. The maximum atomic E-state index is 11.6. The second kappa shape index (κ2) is 6.71. The van der Waals surface area contributed by atoms with Crippen molar-refractivity contribution < 1.29 is 9.63 Å². The van der Waals surface area contributed by atoms with Gasteiger partial charge in [0.1, 0.15) is 6.10 Å². The molecule has 98 valence electrons. The van der Waals surface area contributed by atoms with Crippen LogP contribution in [0.1, 0.15) is 12.5 Å². The van der Waals surface area contributed by atoms with Crippen LogP contribution in [0.5, 0.6) is 0 Å². The molecule has 0 saturated carbocycles. The Morgan fingerprint density at radius 2 is 1.63 bits per heavy atom. The van der Waals surface area contributed by atoms with E-state index >= 15 is 0 Å². The predicted octanol–water partition coefficient (Wildman–Crippen LogP) is 3.23. The highest BCUT2D eigenvalue weighted by Gasteiger charge is 2.16. The first-order valence-corrected chi connectivity index (χ1v) is 6.27. The molecule has 0 aliphatic carbocycles. The van der Waals surface area contributed by atoms with Gasteiger partial charge in [-0.1, -0.05) is 48.5 Å². The number of ketones is 1. The summed E-state index contributed by atoms with van der Waals surface area (Å²) >= 11 is 0. The molecule has 0 aliphatic heterocycles. The summed E-state index contributed by atoms with van der Waals surface area (Å²) in [6.07, 6.45) is 0.0818. The highest BCUT2D eigenvalue weighted by Crippen LogP contribution is 2.10. The standard InChI is InChI=1S/C16H17NO2/c1-13(18)16(12-14-8-4-2-5-9-14)19-17-15-10-6-3-7-11-15/h2-11,16-17H,12H2,1H3. The van der Waals surface area contributed by atoms with Crippen molar-refractivity contribution >= 4 is 11.5 Å². The molecule has 1 atom stereocenters. The number of benzene rings is 2. The second-order valence-corrected chi connectivity index (χ2v) is 4.37. The molecular weight excluding hydrogens is 238 g/mol. The Morgan fingerprint density at radius 3 is 2.21 bits per heavy atom. The van der Waals surface area contributed by atoms with Gasteiger partial charge >= 0.3 is 0 Å². The van der Waals surface area contributed by atoms with Crippen molar-refractivity contribution in [2.24, 2.45) is 0 Å². The maximum absolute atomic E-state index is 11.6. The number of nitrogens with one attached hydrogen (secondary N) is 1. The number of anilines is 1. The fraction of sp³-hybridized carbons (Fsp3) is 0.188. The third-order valence-corrected chi connectivity index (χ3v) is 2.81. The van der Waals surface area contributed by atoms with Crippen molar-refractivity contribution in [2.45, 2.75) is 19.4 Å². The number of carbonyl (C=O) groups is 1.